The topological polar surface area (TPSA) is 100 Å². The van der Waals surface area contributed by atoms with Gasteiger partial charge in [0, 0.05) is 36.6 Å². The lowest BCUT2D eigenvalue weighted by Crippen LogP contribution is -2.39. The van der Waals surface area contributed by atoms with Crippen molar-refractivity contribution >= 4 is 29.1 Å². The number of pyridine rings is 1. The first-order valence-electron chi connectivity index (χ1n) is 10.9. The van der Waals surface area contributed by atoms with Crippen LogP contribution in [0.15, 0.2) is 42.5 Å². The second-order valence-corrected chi connectivity index (χ2v) is 8.70. The van der Waals surface area contributed by atoms with Gasteiger partial charge in [-0.25, -0.2) is 9.67 Å². The molecule has 0 spiro atoms. The third kappa shape index (κ3) is 5.07. The number of aryl methyl sites for hydroxylation is 2. The summed E-state index contributed by atoms with van der Waals surface area (Å²) in [5.41, 5.74) is 2.78. The average molecular weight is 468 g/mol. The largest absolute Gasteiger partial charge is 0.396 e. The van der Waals surface area contributed by atoms with Crippen molar-refractivity contribution in [3.05, 3.63) is 70.1 Å². The summed E-state index contributed by atoms with van der Waals surface area (Å²) in [5.74, 6) is 0.175. The van der Waals surface area contributed by atoms with Crippen molar-refractivity contribution in [2.24, 2.45) is 5.92 Å². The van der Waals surface area contributed by atoms with Crippen LogP contribution in [0.2, 0.25) is 5.02 Å². The minimum Gasteiger partial charge on any atom is -0.396 e. The van der Waals surface area contributed by atoms with E-state index in [4.69, 9.17) is 11.6 Å². The van der Waals surface area contributed by atoms with E-state index < -0.39 is 5.91 Å². The van der Waals surface area contributed by atoms with E-state index >= 15 is 0 Å². The fourth-order valence-electron chi connectivity index (χ4n) is 3.99. The quantitative estimate of drug-likeness (QED) is 0.596. The molecule has 2 N–H and O–H groups in total. The van der Waals surface area contributed by atoms with Crippen LogP contribution in [-0.2, 0) is 0 Å². The normalized spacial score (nSPS) is 14.4. The molecule has 3 aromatic rings. The highest BCUT2D eigenvalue weighted by molar-refractivity contribution is 6.34. The highest BCUT2D eigenvalue weighted by atomic mass is 35.5. The number of amides is 2. The maximum absolute atomic E-state index is 13.0. The number of hydrogen-bond donors (Lipinski definition) is 2. The number of halogens is 1. The molecular formula is C24H26ClN5O3. The van der Waals surface area contributed by atoms with Crippen LogP contribution < -0.4 is 5.32 Å². The lowest BCUT2D eigenvalue weighted by atomic mass is 9.97. The van der Waals surface area contributed by atoms with Crippen LogP contribution in [0, 0.1) is 19.8 Å². The van der Waals surface area contributed by atoms with Crippen molar-refractivity contribution < 1.29 is 14.7 Å². The van der Waals surface area contributed by atoms with Crippen LogP contribution in [0.4, 0.5) is 5.69 Å². The SMILES string of the molecule is Cc1cc(C)n(-c2ccc(Cl)c(C(=O)Nc3cccc(C(=O)N4CCC(CO)CC4)c3)n2)n1. The van der Waals surface area contributed by atoms with E-state index in [1.807, 2.05) is 19.9 Å². The summed E-state index contributed by atoms with van der Waals surface area (Å²) in [6.45, 7) is 5.17. The third-order valence-electron chi connectivity index (χ3n) is 5.80. The Hall–Kier alpha value is -3.23. The Balaban J connectivity index is 1.51. The summed E-state index contributed by atoms with van der Waals surface area (Å²) in [6, 6.07) is 12.1. The summed E-state index contributed by atoms with van der Waals surface area (Å²) < 4.78 is 1.65. The number of nitrogens with one attached hydrogen (secondary N) is 1. The minimum atomic E-state index is -0.475. The van der Waals surface area contributed by atoms with Crippen LogP contribution in [-0.4, -0.2) is 56.3 Å². The molecule has 9 heteroatoms. The molecule has 1 fully saturated rings. The molecule has 0 unspecified atom stereocenters. The minimum absolute atomic E-state index is 0.0736. The van der Waals surface area contributed by atoms with Gasteiger partial charge in [-0.2, -0.15) is 5.10 Å². The molecular weight excluding hydrogens is 442 g/mol. The maximum atomic E-state index is 13.0. The van der Waals surface area contributed by atoms with Crippen molar-refractivity contribution in [2.45, 2.75) is 26.7 Å². The van der Waals surface area contributed by atoms with Gasteiger partial charge in [0.05, 0.1) is 10.7 Å². The zero-order valence-corrected chi connectivity index (χ0v) is 19.3. The number of piperidine rings is 1. The van der Waals surface area contributed by atoms with E-state index in [1.165, 1.54) is 0 Å². The molecule has 1 aliphatic rings. The number of hydrogen-bond acceptors (Lipinski definition) is 5. The standard InChI is InChI=1S/C24H26ClN5O3/c1-15-12-16(2)30(28-15)21-7-6-20(25)22(27-21)23(32)26-19-5-3-4-18(13-19)24(33)29-10-8-17(14-31)9-11-29/h3-7,12-13,17,31H,8-11,14H2,1-2H3,(H,26,32). The van der Waals surface area contributed by atoms with Gasteiger partial charge < -0.3 is 15.3 Å². The molecule has 1 saturated heterocycles. The zero-order chi connectivity index (χ0) is 23.5. The monoisotopic (exact) mass is 467 g/mol. The molecule has 0 atom stereocenters. The molecule has 0 radical (unpaired) electrons. The van der Waals surface area contributed by atoms with E-state index in [2.05, 4.69) is 15.4 Å². The van der Waals surface area contributed by atoms with Gasteiger partial charge in [-0.15, -0.1) is 0 Å². The predicted molar refractivity (Wildman–Crippen MR) is 126 cm³/mol. The predicted octanol–water partition coefficient (Wildman–Crippen LogP) is 3.63. The van der Waals surface area contributed by atoms with E-state index in [0.29, 0.717) is 30.2 Å². The number of likely N-dealkylation sites (tertiary alicyclic amines) is 1. The number of aromatic nitrogens is 3. The first kappa shape index (κ1) is 22.9. The van der Waals surface area contributed by atoms with Crippen LogP contribution in [0.25, 0.3) is 5.82 Å². The Morgan fingerprint density at radius 3 is 2.58 bits per heavy atom. The van der Waals surface area contributed by atoms with Crippen LogP contribution in [0.5, 0.6) is 0 Å². The lowest BCUT2D eigenvalue weighted by molar-refractivity contribution is 0.0650. The summed E-state index contributed by atoms with van der Waals surface area (Å²) in [7, 11) is 0. The number of nitrogens with zero attached hydrogens (tertiary/aromatic N) is 4. The molecule has 8 nitrogen and oxygen atoms in total. The van der Waals surface area contributed by atoms with E-state index in [-0.39, 0.29) is 29.1 Å². The number of aliphatic hydroxyl groups excluding tert-OH is 1. The number of carbonyl (C=O) groups excluding carboxylic acids is 2. The van der Waals surface area contributed by atoms with E-state index in [9.17, 15) is 14.7 Å². The Labute approximate surface area is 197 Å². The second kappa shape index (κ2) is 9.72. The van der Waals surface area contributed by atoms with Gasteiger partial charge in [0.2, 0.25) is 0 Å². The molecule has 3 heterocycles. The molecule has 172 valence electrons. The van der Waals surface area contributed by atoms with Gasteiger partial charge in [0.25, 0.3) is 11.8 Å². The molecule has 2 amide bonds. The molecule has 4 rings (SSSR count). The van der Waals surface area contributed by atoms with Gasteiger partial charge in [0.15, 0.2) is 5.82 Å². The van der Waals surface area contributed by atoms with Crippen LogP contribution in [0.1, 0.15) is 45.1 Å². The van der Waals surface area contributed by atoms with Crippen molar-refractivity contribution in [1.29, 1.82) is 0 Å². The number of anilines is 1. The lowest BCUT2D eigenvalue weighted by Gasteiger charge is -2.31. The molecule has 0 saturated carbocycles. The van der Waals surface area contributed by atoms with Gasteiger partial charge in [0.1, 0.15) is 5.69 Å². The van der Waals surface area contributed by atoms with E-state index in [0.717, 1.165) is 24.2 Å². The molecule has 33 heavy (non-hydrogen) atoms. The fraction of sp³-hybridized carbons (Fsp3) is 0.333. The first-order chi connectivity index (χ1) is 15.9. The molecule has 1 aromatic carbocycles. The molecule has 2 aromatic heterocycles. The van der Waals surface area contributed by atoms with Gasteiger partial charge >= 0.3 is 0 Å². The highest BCUT2D eigenvalue weighted by Gasteiger charge is 2.23. The fourth-order valence-corrected chi connectivity index (χ4v) is 4.18. The molecule has 0 bridgehead atoms. The summed E-state index contributed by atoms with van der Waals surface area (Å²) >= 11 is 6.27. The first-order valence-corrected chi connectivity index (χ1v) is 11.2. The van der Waals surface area contributed by atoms with Crippen molar-refractivity contribution in [1.82, 2.24) is 19.7 Å². The summed E-state index contributed by atoms with van der Waals surface area (Å²) in [6.07, 6.45) is 1.57. The number of aliphatic hydroxyl groups is 1. The maximum Gasteiger partial charge on any atom is 0.275 e. The zero-order valence-electron chi connectivity index (χ0n) is 18.6. The average Bonchev–Trinajstić information content (AvgIpc) is 3.16. The summed E-state index contributed by atoms with van der Waals surface area (Å²) in [5, 5.41) is 16.7. The third-order valence-corrected chi connectivity index (χ3v) is 6.11. The van der Waals surface area contributed by atoms with E-state index in [1.54, 1.807) is 46.0 Å². The number of benzene rings is 1. The molecule has 1 aliphatic heterocycles. The van der Waals surface area contributed by atoms with Crippen LogP contribution in [0.3, 0.4) is 0 Å². The number of rotatable bonds is 5. The second-order valence-electron chi connectivity index (χ2n) is 8.29. The number of carbonyl (C=O) groups is 2. The van der Waals surface area contributed by atoms with Crippen molar-refractivity contribution in [2.75, 3.05) is 25.0 Å². The van der Waals surface area contributed by atoms with Crippen LogP contribution >= 0.6 is 11.6 Å². The Morgan fingerprint density at radius 1 is 1.15 bits per heavy atom. The van der Waals surface area contributed by atoms with Gasteiger partial charge in [-0.1, -0.05) is 17.7 Å². The van der Waals surface area contributed by atoms with Crippen molar-refractivity contribution in [3.8, 4) is 5.82 Å². The molecule has 0 aliphatic carbocycles. The smallest absolute Gasteiger partial charge is 0.275 e. The highest BCUT2D eigenvalue weighted by Crippen LogP contribution is 2.22. The van der Waals surface area contributed by atoms with Crippen molar-refractivity contribution in [3.63, 3.8) is 0 Å². The summed E-state index contributed by atoms with van der Waals surface area (Å²) in [4.78, 5) is 32.1. The Bertz CT molecular complexity index is 1180. The Kier molecular flexibility index (Phi) is 6.76. The Morgan fingerprint density at radius 2 is 1.91 bits per heavy atom. The van der Waals surface area contributed by atoms with Gasteiger partial charge in [-0.3, -0.25) is 9.59 Å². The van der Waals surface area contributed by atoms with Gasteiger partial charge in [-0.05, 0) is 69.0 Å².